The molecular formula is C20H30N4O3S. The highest BCUT2D eigenvalue weighted by Crippen LogP contribution is 2.31. The SMILES string of the molecule is CC(C)CC1(C)N=C(N)N(CC2CCN(S(=O)(=O)c3ccccc3)CC2)C1=O. The first kappa shape index (κ1) is 20.8. The number of sulfonamides is 1. The fraction of sp³-hybridized carbons (Fsp3) is 0.600. The van der Waals surface area contributed by atoms with E-state index < -0.39 is 15.6 Å². The number of nitrogens with two attached hydrogens (primary N) is 1. The minimum Gasteiger partial charge on any atom is -0.369 e. The fourth-order valence-electron chi connectivity index (χ4n) is 4.19. The van der Waals surface area contributed by atoms with Gasteiger partial charge in [-0.1, -0.05) is 32.0 Å². The van der Waals surface area contributed by atoms with Gasteiger partial charge in [0.25, 0.3) is 5.91 Å². The van der Waals surface area contributed by atoms with Crippen molar-refractivity contribution >= 4 is 21.9 Å². The Bertz CT molecular complexity index is 845. The van der Waals surface area contributed by atoms with Gasteiger partial charge < -0.3 is 5.73 Å². The zero-order valence-corrected chi connectivity index (χ0v) is 17.7. The number of hydrogen-bond acceptors (Lipinski definition) is 5. The van der Waals surface area contributed by atoms with E-state index in [2.05, 4.69) is 18.8 Å². The fourth-order valence-corrected chi connectivity index (χ4v) is 5.68. The third-order valence-electron chi connectivity index (χ3n) is 5.54. The van der Waals surface area contributed by atoms with Crippen LogP contribution in [0, 0.1) is 11.8 Å². The molecule has 0 aromatic heterocycles. The Morgan fingerprint density at radius 1 is 1.21 bits per heavy atom. The van der Waals surface area contributed by atoms with Crippen molar-refractivity contribution in [3.05, 3.63) is 30.3 Å². The number of piperidine rings is 1. The quantitative estimate of drug-likeness (QED) is 0.782. The molecule has 1 amide bonds. The summed E-state index contributed by atoms with van der Waals surface area (Å²) in [6.45, 7) is 7.37. The lowest BCUT2D eigenvalue weighted by Gasteiger charge is -2.33. The molecule has 3 rings (SSSR count). The summed E-state index contributed by atoms with van der Waals surface area (Å²) in [7, 11) is -3.46. The van der Waals surface area contributed by atoms with Crippen LogP contribution in [0.25, 0.3) is 0 Å². The second-order valence-corrected chi connectivity index (χ2v) is 10.4. The zero-order chi connectivity index (χ0) is 20.5. The Hall–Kier alpha value is -1.93. The molecule has 0 spiro atoms. The number of nitrogens with zero attached hydrogens (tertiary/aromatic N) is 3. The predicted octanol–water partition coefficient (Wildman–Crippen LogP) is 2.05. The number of benzene rings is 1. The van der Waals surface area contributed by atoms with Crippen molar-refractivity contribution < 1.29 is 13.2 Å². The van der Waals surface area contributed by atoms with E-state index in [0.29, 0.717) is 49.7 Å². The molecule has 1 fully saturated rings. The topological polar surface area (TPSA) is 96.1 Å². The van der Waals surface area contributed by atoms with Crippen LogP contribution in [0.1, 0.15) is 40.0 Å². The summed E-state index contributed by atoms with van der Waals surface area (Å²) < 4.78 is 27.0. The standard InChI is InChI=1S/C20H30N4O3S/c1-15(2)13-20(3)18(25)24(19(21)22-20)14-16-9-11-23(12-10-16)28(26,27)17-7-5-4-6-8-17/h4-8,15-16H,9-14H2,1-3H3,(H2,21,22). The number of carbonyl (C=O) groups is 1. The number of guanidine groups is 1. The third kappa shape index (κ3) is 4.07. The highest BCUT2D eigenvalue weighted by molar-refractivity contribution is 7.89. The van der Waals surface area contributed by atoms with Gasteiger partial charge in [0.05, 0.1) is 4.90 Å². The van der Waals surface area contributed by atoms with E-state index >= 15 is 0 Å². The summed E-state index contributed by atoms with van der Waals surface area (Å²) in [5, 5.41) is 0. The van der Waals surface area contributed by atoms with E-state index in [0.717, 1.165) is 0 Å². The van der Waals surface area contributed by atoms with Gasteiger partial charge >= 0.3 is 0 Å². The smallest absolute Gasteiger partial charge is 0.257 e. The van der Waals surface area contributed by atoms with Crippen LogP contribution >= 0.6 is 0 Å². The van der Waals surface area contributed by atoms with Crippen molar-refractivity contribution in [3.63, 3.8) is 0 Å². The van der Waals surface area contributed by atoms with Gasteiger partial charge in [-0.25, -0.2) is 13.4 Å². The Labute approximate surface area is 167 Å². The van der Waals surface area contributed by atoms with Crippen LogP contribution in [0.5, 0.6) is 0 Å². The lowest BCUT2D eigenvalue weighted by Crippen LogP contribution is -2.47. The van der Waals surface area contributed by atoms with Gasteiger partial charge in [-0.15, -0.1) is 0 Å². The van der Waals surface area contributed by atoms with E-state index in [1.165, 1.54) is 4.31 Å². The second-order valence-electron chi connectivity index (χ2n) is 8.42. The van der Waals surface area contributed by atoms with E-state index in [1.54, 1.807) is 35.2 Å². The number of hydrogen-bond donors (Lipinski definition) is 1. The first-order valence-electron chi connectivity index (χ1n) is 9.86. The van der Waals surface area contributed by atoms with Gasteiger partial charge in [0, 0.05) is 19.6 Å². The Balaban J connectivity index is 1.61. The molecule has 0 aliphatic carbocycles. The number of aliphatic imine (C=N–C) groups is 1. The summed E-state index contributed by atoms with van der Waals surface area (Å²) in [6.07, 6.45) is 2.06. The van der Waals surface area contributed by atoms with Crippen molar-refractivity contribution in [1.29, 1.82) is 0 Å². The van der Waals surface area contributed by atoms with Crippen molar-refractivity contribution in [2.75, 3.05) is 19.6 Å². The molecule has 2 aliphatic heterocycles. The van der Waals surface area contributed by atoms with Crippen LogP contribution in [-0.4, -0.2) is 54.7 Å². The molecule has 0 radical (unpaired) electrons. The molecular weight excluding hydrogens is 376 g/mol. The Kier molecular flexibility index (Phi) is 5.82. The Morgan fingerprint density at radius 2 is 1.82 bits per heavy atom. The van der Waals surface area contributed by atoms with Gasteiger partial charge in [-0.3, -0.25) is 9.69 Å². The lowest BCUT2D eigenvalue weighted by molar-refractivity contribution is -0.131. The third-order valence-corrected chi connectivity index (χ3v) is 7.46. The first-order chi connectivity index (χ1) is 13.1. The molecule has 28 heavy (non-hydrogen) atoms. The largest absolute Gasteiger partial charge is 0.369 e. The van der Waals surface area contributed by atoms with Crippen LogP contribution in [0.15, 0.2) is 40.2 Å². The summed E-state index contributed by atoms with van der Waals surface area (Å²) in [5.74, 6) is 0.795. The van der Waals surface area contributed by atoms with Gasteiger partial charge in [0.15, 0.2) is 5.96 Å². The summed E-state index contributed by atoms with van der Waals surface area (Å²) in [6, 6.07) is 8.51. The molecule has 2 heterocycles. The summed E-state index contributed by atoms with van der Waals surface area (Å²) >= 11 is 0. The molecule has 1 unspecified atom stereocenters. The van der Waals surface area contributed by atoms with Gasteiger partial charge in [0.1, 0.15) is 5.54 Å². The number of rotatable bonds is 6. The minimum atomic E-state index is -3.46. The van der Waals surface area contributed by atoms with Crippen LogP contribution in [0.4, 0.5) is 0 Å². The molecule has 7 nitrogen and oxygen atoms in total. The molecule has 1 saturated heterocycles. The van der Waals surface area contributed by atoms with Crippen molar-refractivity contribution in [3.8, 4) is 0 Å². The average Bonchev–Trinajstić information content (AvgIpc) is 2.85. The van der Waals surface area contributed by atoms with E-state index in [-0.39, 0.29) is 17.8 Å². The van der Waals surface area contributed by atoms with Crippen LogP contribution in [-0.2, 0) is 14.8 Å². The van der Waals surface area contributed by atoms with E-state index in [1.807, 2.05) is 6.92 Å². The van der Waals surface area contributed by atoms with Gasteiger partial charge in [-0.05, 0) is 50.2 Å². The normalized spacial score (nSPS) is 24.8. The van der Waals surface area contributed by atoms with Crippen molar-refractivity contribution in [2.45, 2.75) is 50.5 Å². The molecule has 0 saturated carbocycles. The molecule has 0 bridgehead atoms. The van der Waals surface area contributed by atoms with Gasteiger partial charge in [-0.2, -0.15) is 4.31 Å². The molecule has 8 heteroatoms. The maximum absolute atomic E-state index is 12.9. The first-order valence-corrected chi connectivity index (χ1v) is 11.3. The monoisotopic (exact) mass is 406 g/mol. The minimum absolute atomic E-state index is 0.0435. The van der Waals surface area contributed by atoms with Gasteiger partial charge in [0.2, 0.25) is 10.0 Å². The molecule has 154 valence electrons. The van der Waals surface area contributed by atoms with Crippen LogP contribution in [0.2, 0.25) is 0 Å². The molecule has 2 N–H and O–H groups in total. The highest BCUT2D eigenvalue weighted by Gasteiger charge is 2.45. The summed E-state index contributed by atoms with van der Waals surface area (Å²) in [4.78, 5) is 19.2. The molecule has 2 aliphatic rings. The number of carbonyl (C=O) groups excluding carboxylic acids is 1. The molecule has 1 aromatic rings. The predicted molar refractivity (Wildman–Crippen MR) is 109 cm³/mol. The maximum atomic E-state index is 12.9. The average molecular weight is 407 g/mol. The van der Waals surface area contributed by atoms with Crippen LogP contribution < -0.4 is 5.73 Å². The number of amides is 1. The van der Waals surface area contributed by atoms with Crippen LogP contribution in [0.3, 0.4) is 0 Å². The van der Waals surface area contributed by atoms with Crippen molar-refractivity contribution in [1.82, 2.24) is 9.21 Å². The van der Waals surface area contributed by atoms with E-state index in [9.17, 15) is 13.2 Å². The second kappa shape index (κ2) is 7.83. The summed E-state index contributed by atoms with van der Waals surface area (Å²) in [5.41, 5.74) is 5.28. The molecule has 1 atom stereocenters. The van der Waals surface area contributed by atoms with E-state index in [4.69, 9.17) is 5.73 Å². The van der Waals surface area contributed by atoms with Crippen molar-refractivity contribution in [2.24, 2.45) is 22.6 Å². The zero-order valence-electron chi connectivity index (χ0n) is 16.8. The Morgan fingerprint density at radius 3 is 2.39 bits per heavy atom. The lowest BCUT2D eigenvalue weighted by atomic mass is 9.90. The molecule has 1 aromatic carbocycles. The maximum Gasteiger partial charge on any atom is 0.257 e. The highest BCUT2D eigenvalue weighted by atomic mass is 32.2.